The summed E-state index contributed by atoms with van der Waals surface area (Å²) in [4.78, 5) is 4.46. The molecular formula is C16H21FN4O. The van der Waals surface area contributed by atoms with E-state index in [-0.39, 0.29) is 11.6 Å². The molecule has 0 unspecified atom stereocenters. The van der Waals surface area contributed by atoms with Crippen molar-refractivity contribution in [2.24, 2.45) is 0 Å². The fourth-order valence-electron chi connectivity index (χ4n) is 2.20. The number of ether oxygens (including phenoxy) is 1. The van der Waals surface area contributed by atoms with Gasteiger partial charge in [0.25, 0.3) is 0 Å². The monoisotopic (exact) mass is 304 g/mol. The largest absolute Gasteiger partial charge is 0.494 e. The molecule has 0 bridgehead atoms. The third kappa shape index (κ3) is 3.90. The van der Waals surface area contributed by atoms with E-state index < -0.39 is 0 Å². The Balaban J connectivity index is 1.95. The van der Waals surface area contributed by atoms with Gasteiger partial charge in [0.2, 0.25) is 5.95 Å². The van der Waals surface area contributed by atoms with E-state index in [0.29, 0.717) is 18.9 Å². The SMILES string of the molecule is CCc1nnc(NCCc2ccc(OC)c(F)c2)nc1CC. The first-order chi connectivity index (χ1) is 10.7. The first-order valence-electron chi connectivity index (χ1n) is 7.46. The van der Waals surface area contributed by atoms with Crippen molar-refractivity contribution in [2.75, 3.05) is 19.0 Å². The number of rotatable bonds is 7. The number of nitrogens with one attached hydrogen (secondary N) is 1. The summed E-state index contributed by atoms with van der Waals surface area (Å²) in [5, 5.41) is 11.4. The molecule has 5 nitrogen and oxygen atoms in total. The highest BCUT2D eigenvalue weighted by Gasteiger charge is 2.06. The zero-order valence-electron chi connectivity index (χ0n) is 13.2. The second-order valence-electron chi connectivity index (χ2n) is 4.88. The number of hydrogen-bond acceptors (Lipinski definition) is 5. The van der Waals surface area contributed by atoms with Gasteiger partial charge in [-0.2, -0.15) is 5.10 Å². The lowest BCUT2D eigenvalue weighted by Gasteiger charge is -2.08. The van der Waals surface area contributed by atoms with Gasteiger partial charge in [0.15, 0.2) is 11.6 Å². The van der Waals surface area contributed by atoms with E-state index in [2.05, 4.69) is 20.5 Å². The first-order valence-corrected chi connectivity index (χ1v) is 7.46. The van der Waals surface area contributed by atoms with E-state index in [0.717, 1.165) is 29.8 Å². The molecule has 1 aromatic carbocycles. The molecule has 6 heteroatoms. The van der Waals surface area contributed by atoms with Gasteiger partial charge < -0.3 is 10.1 Å². The summed E-state index contributed by atoms with van der Waals surface area (Å²) < 4.78 is 18.5. The summed E-state index contributed by atoms with van der Waals surface area (Å²) in [7, 11) is 1.45. The zero-order valence-corrected chi connectivity index (χ0v) is 13.2. The highest BCUT2D eigenvalue weighted by molar-refractivity contribution is 5.31. The lowest BCUT2D eigenvalue weighted by molar-refractivity contribution is 0.386. The van der Waals surface area contributed by atoms with Crippen LogP contribution in [0.3, 0.4) is 0 Å². The normalized spacial score (nSPS) is 10.5. The molecule has 0 saturated carbocycles. The number of methoxy groups -OCH3 is 1. The summed E-state index contributed by atoms with van der Waals surface area (Å²) in [6, 6.07) is 4.96. The molecule has 0 saturated heterocycles. The molecule has 0 aliphatic rings. The maximum Gasteiger partial charge on any atom is 0.242 e. The fraction of sp³-hybridized carbons (Fsp3) is 0.438. The lowest BCUT2D eigenvalue weighted by Crippen LogP contribution is -2.12. The van der Waals surface area contributed by atoms with Crippen LogP contribution in [0.5, 0.6) is 5.75 Å². The van der Waals surface area contributed by atoms with Crippen LogP contribution in [0.25, 0.3) is 0 Å². The highest BCUT2D eigenvalue weighted by Crippen LogP contribution is 2.18. The summed E-state index contributed by atoms with van der Waals surface area (Å²) in [5.74, 6) is 0.425. The number of halogens is 1. The molecule has 22 heavy (non-hydrogen) atoms. The van der Waals surface area contributed by atoms with Crippen molar-refractivity contribution in [1.82, 2.24) is 15.2 Å². The molecule has 1 aromatic heterocycles. The minimum atomic E-state index is -0.349. The van der Waals surface area contributed by atoms with E-state index in [1.807, 2.05) is 19.9 Å². The third-order valence-electron chi connectivity index (χ3n) is 3.42. The Morgan fingerprint density at radius 3 is 2.55 bits per heavy atom. The van der Waals surface area contributed by atoms with Gasteiger partial charge in [-0.1, -0.05) is 19.9 Å². The van der Waals surface area contributed by atoms with Gasteiger partial charge in [-0.05, 0) is 37.0 Å². The molecular weight excluding hydrogens is 283 g/mol. The number of benzene rings is 1. The minimum Gasteiger partial charge on any atom is -0.494 e. The van der Waals surface area contributed by atoms with Crippen molar-refractivity contribution in [3.63, 3.8) is 0 Å². The van der Waals surface area contributed by atoms with Crippen molar-refractivity contribution >= 4 is 5.95 Å². The highest BCUT2D eigenvalue weighted by atomic mass is 19.1. The molecule has 0 amide bonds. The van der Waals surface area contributed by atoms with Gasteiger partial charge in [-0.15, -0.1) is 5.10 Å². The van der Waals surface area contributed by atoms with Gasteiger partial charge in [0, 0.05) is 6.54 Å². The van der Waals surface area contributed by atoms with Gasteiger partial charge in [-0.25, -0.2) is 9.37 Å². The summed E-state index contributed by atoms with van der Waals surface area (Å²) in [6.45, 7) is 4.70. The Morgan fingerprint density at radius 2 is 1.91 bits per heavy atom. The smallest absolute Gasteiger partial charge is 0.242 e. The number of anilines is 1. The molecule has 1 N–H and O–H groups in total. The first kappa shape index (κ1) is 16.1. The number of aryl methyl sites for hydroxylation is 2. The predicted octanol–water partition coefficient (Wildman–Crippen LogP) is 2.80. The topological polar surface area (TPSA) is 59.9 Å². The quantitative estimate of drug-likeness (QED) is 0.852. The number of hydrogen-bond donors (Lipinski definition) is 1. The Kier molecular flexibility index (Phi) is 5.63. The van der Waals surface area contributed by atoms with Crippen LogP contribution in [0.2, 0.25) is 0 Å². The maximum atomic E-state index is 13.6. The van der Waals surface area contributed by atoms with Gasteiger partial charge in [-0.3, -0.25) is 0 Å². The zero-order chi connectivity index (χ0) is 15.9. The van der Waals surface area contributed by atoms with Crippen LogP contribution in [0.1, 0.15) is 30.8 Å². The second kappa shape index (κ2) is 7.68. The van der Waals surface area contributed by atoms with Crippen LogP contribution in [0.15, 0.2) is 18.2 Å². The van der Waals surface area contributed by atoms with E-state index in [1.54, 1.807) is 6.07 Å². The van der Waals surface area contributed by atoms with Crippen molar-refractivity contribution in [2.45, 2.75) is 33.1 Å². The average molecular weight is 304 g/mol. The van der Waals surface area contributed by atoms with Gasteiger partial charge >= 0.3 is 0 Å². The maximum absolute atomic E-state index is 13.6. The summed E-state index contributed by atoms with van der Waals surface area (Å²) in [5.41, 5.74) is 2.79. The predicted molar refractivity (Wildman–Crippen MR) is 83.7 cm³/mol. The van der Waals surface area contributed by atoms with Crippen molar-refractivity contribution in [3.8, 4) is 5.75 Å². The molecule has 0 radical (unpaired) electrons. The number of aromatic nitrogens is 3. The molecule has 2 aromatic rings. The van der Waals surface area contributed by atoms with Crippen LogP contribution < -0.4 is 10.1 Å². The minimum absolute atomic E-state index is 0.256. The summed E-state index contributed by atoms with van der Waals surface area (Å²) >= 11 is 0. The Hall–Kier alpha value is -2.24. The molecule has 118 valence electrons. The van der Waals surface area contributed by atoms with Crippen LogP contribution in [0.4, 0.5) is 10.3 Å². The second-order valence-corrected chi connectivity index (χ2v) is 4.88. The molecule has 0 fully saturated rings. The third-order valence-corrected chi connectivity index (χ3v) is 3.42. The average Bonchev–Trinajstić information content (AvgIpc) is 2.55. The van der Waals surface area contributed by atoms with Crippen LogP contribution in [-0.4, -0.2) is 28.8 Å². The van der Waals surface area contributed by atoms with Gasteiger partial charge in [0.05, 0.1) is 18.5 Å². The summed E-state index contributed by atoms with van der Waals surface area (Å²) in [6.07, 6.45) is 2.33. The molecule has 0 spiro atoms. The fourth-order valence-corrected chi connectivity index (χ4v) is 2.20. The Morgan fingerprint density at radius 1 is 1.14 bits per heavy atom. The lowest BCUT2D eigenvalue weighted by atomic mass is 10.1. The van der Waals surface area contributed by atoms with Crippen LogP contribution in [-0.2, 0) is 19.3 Å². The molecule has 0 aliphatic heterocycles. The van der Waals surface area contributed by atoms with E-state index >= 15 is 0 Å². The van der Waals surface area contributed by atoms with Crippen molar-refractivity contribution in [3.05, 3.63) is 41.0 Å². The molecule has 0 aliphatic carbocycles. The van der Waals surface area contributed by atoms with E-state index in [4.69, 9.17) is 4.74 Å². The van der Waals surface area contributed by atoms with Crippen molar-refractivity contribution in [1.29, 1.82) is 0 Å². The Bertz CT molecular complexity index is 634. The van der Waals surface area contributed by atoms with Crippen LogP contribution in [0, 0.1) is 5.82 Å². The Labute approximate surface area is 129 Å². The van der Waals surface area contributed by atoms with E-state index in [9.17, 15) is 4.39 Å². The number of nitrogens with zero attached hydrogens (tertiary/aromatic N) is 3. The van der Waals surface area contributed by atoms with E-state index in [1.165, 1.54) is 13.2 Å². The standard InChI is InChI=1S/C16H21FN4O/c1-4-13-14(5-2)20-21-16(19-13)18-9-8-11-6-7-15(22-3)12(17)10-11/h6-7,10H,4-5,8-9H2,1-3H3,(H,18,19,21). The molecule has 1 heterocycles. The van der Waals surface area contributed by atoms with Crippen molar-refractivity contribution < 1.29 is 9.13 Å². The van der Waals surface area contributed by atoms with Crippen LogP contribution >= 0.6 is 0 Å². The van der Waals surface area contributed by atoms with Gasteiger partial charge in [0.1, 0.15) is 0 Å². The molecule has 2 rings (SSSR count). The molecule has 0 atom stereocenters.